The van der Waals surface area contributed by atoms with Gasteiger partial charge in [-0.25, -0.2) is 4.79 Å². The fourth-order valence-electron chi connectivity index (χ4n) is 1.65. The van der Waals surface area contributed by atoms with Crippen LogP contribution < -0.4 is 14.2 Å². The van der Waals surface area contributed by atoms with Gasteiger partial charge in [-0.05, 0) is 48.5 Å². The smallest absolute Gasteiger partial charge is 0.343 e. The van der Waals surface area contributed by atoms with Crippen LogP contribution in [0.2, 0.25) is 0 Å². The van der Waals surface area contributed by atoms with Crippen molar-refractivity contribution in [1.82, 2.24) is 0 Å². The summed E-state index contributed by atoms with van der Waals surface area (Å²) >= 11 is 0. The molecule has 0 radical (unpaired) electrons. The Balaban J connectivity index is 2.00. The maximum Gasteiger partial charge on any atom is 0.343 e. The lowest BCUT2D eigenvalue weighted by atomic mass is 10.2. The van der Waals surface area contributed by atoms with Crippen molar-refractivity contribution >= 4 is 24.4 Å². The van der Waals surface area contributed by atoms with E-state index in [1.807, 2.05) is 0 Å². The highest BCUT2D eigenvalue weighted by Crippen LogP contribution is 2.20. The van der Waals surface area contributed by atoms with E-state index in [-0.39, 0.29) is 0 Å². The van der Waals surface area contributed by atoms with Crippen molar-refractivity contribution in [2.24, 2.45) is 0 Å². The summed E-state index contributed by atoms with van der Waals surface area (Å²) in [5.41, 5.74) is 0.469. The van der Waals surface area contributed by atoms with E-state index >= 15 is 0 Å². The molecule has 2 atom stereocenters. The van der Waals surface area contributed by atoms with Gasteiger partial charge in [0.15, 0.2) is 0 Å². The molecule has 2 rings (SSSR count). The number of rotatable bonds is 6. The molecule has 2 unspecified atom stereocenters. The standard InChI is InChI=1S/C15H16O4P2/c16-15(11-1-3-12(4-2-11)17-9-20)19-14-7-5-13(6-8-14)18-10-21/h1-8H,9-10,20-21H2. The molecule has 0 saturated heterocycles. The third-order valence-electron chi connectivity index (χ3n) is 2.62. The van der Waals surface area contributed by atoms with Crippen LogP contribution in [-0.2, 0) is 0 Å². The van der Waals surface area contributed by atoms with Gasteiger partial charge in [-0.3, -0.25) is 0 Å². The van der Waals surface area contributed by atoms with Crippen molar-refractivity contribution in [1.29, 1.82) is 0 Å². The molecule has 110 valence electrons. The van der Waals surface area contributed by atoms with Gasteiger partial charge < -0.3 is 14.2 Å². The summed E-state index contributed by atoms with van der Waals surface area (Å²) in [6.07, 6.45) is 1.03. The van der Waals surface area contributed by atoms with Gasteiger partial charge in [0.2, 0.25) is 0 Å². The third-order valence-corrected chi connectivity index (χ3v) is 2.96. The summed E-state index contributed by atoms with van der Waals surface area (Å²) in [6, 6.07) is 13.7. The van der Waals surface area contributed by atoms with Crippen LogP contribution in [-0.4, -0.2) is 18.7 Å². The van der Waals surface area contributed by atoms with Gasteiger partial charge in [-0.2, -0.15) is 0 Å². The van der Waals surface area contributed by atoms with Gasteiger partial charge >= 0.3 is 5.97 Å². The fourth-order valence-corrected chi connectivity index (χ4v) is 2.03. The van der Waals surface area contributed by atoms with Gasteiger partial charge in [0, 0.05) is 0 Å². The van der Waals surface area contributed by atoms with Gasteiger partial charge in [0.1, 0.15) is 29.9 Å². The number of benzene rings is 2. The van der Waals surface area contributed by atoms with Crippen molar-refractivity contribution in [2.75, 3.05) is 12.7 Å². The minimum Gasteiger partial charge on any atom is -0.490 e. The molecular weight excluding hydrogens is 306 g/mol. The summed E-state index contributed by atoms with van der Waals surface area (Å²) in [7, 11) is 4.94. The lowest BCUT2D eigenvalue weighted by Crippen LogP contribution is -2.08. The molecule has 0 aromatic heterocycles. The van der Waals surface area contributed by atoms with Crippen LogP contribution in [0.1, 0.15) is 10.4 Å². The fraction of sp³-hybridized carbons (Fsp3) is 0.133. The van der Waals surface area contributed by atoms with Gasteiger partial charge in [-0.15, -0.1) is 0 Å². The second kappa shape index (κ2) is 7.97. The molecule has 0 N–H and O–H groups in total. The Morgan fingerprint density at radius 2 is 1.19 bits per heavy atom. The number of carbonyl (C=O) groups is 1. The zero-order chi connectivity index (χ0) is 15.1. The van der Waals surface area contributed by atoms with E-state index in [0.29, 0.717) is 29.8 Å². The van der Waals surface area contributed by atoms with E-state index in [1.165, 1.54) is 0 Å². The first-order chi connectivity index (χ1) is 10.2. The lowest BCUT2D eigenvalue weighted by Gasteiger charge is -2.07. The summed E-state index contributed by atoms with van der Waals surface area (Å²) in [5, 5.41) is 0. The van der Waals surface area contributed by atoms with Gasteiger partial charge in [0.25, 0.3) is 0 Å². The molecule has 0 aliphatic rings. The van der Waals surface area contributed by atoms with Crippen molar-refractivity contribution < 1.29 is 19.0 Å². The maximum absolute atomic E-state index is 12.0. The van der Waals surface area contributed by atoms with Crippen molar-refractivity contribution in [3.8, 4) is 17.2 Å². The minimum absolute atomic E-state index is 0.410. The van der Waals surface area contributed by atoms with Crippen molar-refractivity contribution in [3.05, 3.63) is 54.1 Å². The maximum atomic E-state index is 12.0. The monoisotopic (exact) mass is 322 g/mol. The van der Waals surface area contributed by atoms with E-state index in [1.54, 1.807) is 48.5 Å². The van der Waals surface area contributed by atoms with Crippen LogP contribution in [0.15, 0.2) is 48.5 Å². The van der Waals surface area contributed by atoms with Crippen LogP contribution in [0.25, 0.3) is 0 Å². The quantitative estimate of drug-likeness (QED) is 0.465. The first kappa shape index (κ1) is 15.8. The van der Waals surface area contributed by atoms with Crippen molar-refractivity contribution in [2.45, 2.75) is 0 Å². The molecule has 0 aliphatic carbocycles. The normalized spacial score (nSPS) is 10.0. The molecule has 0 aliphatic heterocycles. The van der Waals surface area contributed by atoms with Crippen LogP contribution in [0.5, 0.6) is 17.2 Å². The number of hydrogen-bond acceptors (Lipinski definition) is 4. The third kappa shape index (κ3) is 4.70. The highest BCUT2D eigenvalue weighted by Gasteiger charge is 2.08. The summed E-state index contributed by atoms with van der Waals surface area (Å²) in [4.78, 5) is 12.0. The minimum atomic E-state index is -0.410. The van der Waals surface area contributed by atoms with Crippen LogP contribution in [0, 0.1) is 0 Å². The average molecular weight is 322 g/mol. The number of carbonyl (C=O) groups excluding carboxylic acids is 1. The molecule has 4 nitrogen and oxygen atoms in total. The first-order valence-corrected chi connectivity index (χ1v) is 7.94. The van der Waals surface area contributed by atoms with Crippen molar-refractivity contribution in [3.63, 3.8) is 0 Å². The highest BCUT2D eigenvalue weighted by atomic mass is 31.0. The molecule has 0 spiro atoms. The summed E-state index contributed by atoms with van der Waals surface area (Å²) in [5.74, 6) is 1.50. The molecule has 6 heteroatoms. The van der Waals surface area contributed by atoms with Crippen LogP contribution in [0.4, 0.5) is 0 Å². The Hall–Kier alpha value is -1.63. The Morgan fingerprint density at radius 1 is 0.762 bits per heavy atom. The second-order valence-corrected chi connectivity index (χ2v) is 4.67. The Morgan fingerprint density at radius 3 is 1.67 bits per heavy atom. The van der Waals surface area contributed by atoms with Gasteiger partial charge in [0.05, 0.1) is 5.56 Å². The highest BCUT2D eigenvalue weighted by molar-refractivity contribution is 7.16. The number of ether oxygens (including phenoxy) is 3. The molecule has 0 fully saturated rings. The Labute approximate surface area is 128 Å². The van der Waals surface area contributed by atoms with Gasteiger partial charge in [-0.1, -0.05) is 18.5 Å². The zero-order valence-electron chi connectivity index (χ0n) is 11.3. The Kier molecular flexibility index (Phi) is 5.98. The lowest BCUT2D eigenvalue weighted by molar-refractivity contribution is 0.0734. The average Bonchev–Trinajstić information content (AvgIpc) is 2.50. The predicted molar refractivity (Wildman–Crippen MR) is 88.3 cm³/mol. The molecule has 2 aromatic rings. The second-order valence-electron chi connectivity index (χ2n) is 4.01. The van der Waals surface area contributed by atoms with E-state index in [4.69, 9.17) is 14.2 Å². The zero-order valence-corrected chi connectivity index (χ0v) is 13.6. The molecule has 0 heterocycles. The summed E-state index contributed by atoms with van der Waals surface area (Å²) < 4.78 is 15.9. The Bertz CT molecular complexity index is 582. The number of esters is 1. The van der Waals surface area contributed by atoms with E-state index in [9.17, 15) is 4.79 Å². The van der Waals surface area contributed by atoms with Crippen LogP contribution in [0.3, 0.4) is 0 Å². The molecule has 0 saturated carbocycles. The SMILES string of the molecule is O=C(Oc1ccc(OCP)cc1)c1ccc(OCP)cc1. The van der Waals surface area contributed by atoms with E-state index in [0.717, 1.165) is 5.75 Å². The van der Waals surface area contributed by atoms with Crippen LogP contribution >= 0.6 is 18.5 Å². The topological polar surface area (TPSA) is 44.8 Å². The van der Waals surface area contributed by atoms with E-state index in [2.05, 4.69) is 18.5 Å². The summed E-state index contributed by atoms with van der Waals surface area (Å²) in [6.45, 7) is 0. The molecular formula is C15H16O4P2. The molecule has 2 aromatic carbocycles. The largest absolute Gasteiger partial charge is 0.490 e. The molecule has 0 bridgehead atoms. The van der Waals surface area contributed by atoms with E-state index < -0.39 is 5.97 Å². The predicted octanol–water partition coefficient (Wildman–Crippen LogP) is 3.33. The first-order valence-electron chi connectivity index (χ1n) is 6.31. The molecule has 0 amide bonds. The number of hydrogen-bond donors (Lipinski definition) is 0. The molecule has 21 heavy (non-hydrogen) atoms.